The Hall–Kier alpha value is -5.43. The van der Waals surface area contributed by atoms with Gasteiger partial charge in [-0.1, -0.05) is 72.8 Å². The lowest BCUT2D eigenvalue weighted by Gasteiger charge is -2.27. The molecule has 268 valence electrons. The van der Waals surface area contributed by atoms with Crippen LogP contribution in [0.25, 0.3) is 0 Å². The highest BCUT2D eigenvalue weighted by molar-refractivity contribution is 5.93. The molecule has 0 aromatic heterocycles. The van der Waals surface area contributed by atoms with Crippen LogP contribution in [0, 0.1) is 0 Å². The summed E-state index contributed by atoms with van der Waals surface area (Å²) in [4.78, 5) is 63.9. The fraction of sp³-hybridized carbons (Fsp3) is 0.378. The molecule has 0 aliphatic rings. The molecule has 3 rings (SSSR count). The predicted molar refractivity (Wildman–Crippen MR) is 187 cm³/mol. The number of carbonyl (C=O) groups excluding carboxylic acids is 4. The van der Waals surface area contributed by atoms with Gasteiger partial charge in [0.2, 0.25) is 17.7 Å². The van der Waals surface area contributed by atoms with Crippen molar-refractivity contribution in [2.75, 3.05) is 6.54 Å². The number of aliphatic carboxylic acids is 1. The molecule has 13 nitrogen and oxygen atoms in total. The normalized spacial score (nSPS) is 13.6. The van der Waals surface area contributed by atoms with E-state index in [0.29, 0.717) is 6.42 Å². The van der Waals surface area contributed by atoms with Gasteiger partial charge in [-0.05, 0) is 68.9 Å². The lowest BCUT2D eigenvalue weighted by Crippen LogP contribution is -2.57. The van der Waals surface area contributed by atoms with Gasteiger partial charge < -0.3 is 42.0 Å². The summed E-state index contributed by atoms with van der Waals surface area (Å²) in [5, 5.41) is 30.4. The average molecular weight is 690 g/mol. The number of amides is 4. The fourth-order valence-electron chi connectivity index (χ4n) is 5.11. The predicted octanol–water partition coefficient (Wildman–Crippen LogP) is 2.59. The number of carbonyl (C=O) groups is 5. The zero-order valence-corrected chi connectivity index (χ0v) is 28.6. The summed E-state index contributed by atoms with van der Waals surface area (Å²) in [7, 11) is 0. The van der Waals surface area contributed by atoms with Crippen molar-refractivity contribution in [3.05, 3.63) is 102 Å². The molecule has 0 radical (unpaired) electrons. The van der Waals surface area contributed by atoms with Gasteiger partial charge >= 0.3 is 12.1 Å². The van der Waals surface area contributed by atoms with E-state index >= 15 is 0 Å². The maximum absolute atomic E-state index is 13.9. The smallest absolute Gasteiger partial charge is 0.407 e. The first kappa shape index (κ1) is 39.0. The van der Waals surface area contributed by atoms with Gasteiger partial charge in [0.05, 0.1) is 6.04 Å². The number of nitrogens with one attached hydrogen (secondary N) is 4. The quantitative estimate of drug-likeness (QED) is 0.105. The molecule has 3 aromatic rings. The minimum atomic E-state index is -1.30. The number of aromatic hydroxyl groups is 1. The summed E-state index contributed by atoms with van der Waals surface area (Å²) in [5.41, 5.74) is 7.20. The topological polar surface area (TPSA) is 209 Å². The Labute approximate surface area is 292 Å². The first-order valence-corrected chi connectivity index (χ1v) is 16.4. The third kappa shape index (κ3) is 14.4. The van der Waals surface area contributed by atoms with Crippen molar-refractivity contribution < 1.29 is 38.9 Å². The Bertz CT molecular complexity index is 1560. The van der Waals surface area contributed by atoms with Gasteiger partial charge in [-0.2, -0.15) is 0 Å². The van der Waals surface area contributed by atoms with Crippen LogP contribution in [0.1, 0.15) is 50.3 Å². The highest BCUT2D eigenvalue weighted by Gasteiger charge is 2.30. The Kier molecular flexibility index (Phi) is 14.8. The zero-order chi connectivity index (χ0) is 36.7. The number of benzene rings is 3. The van der Waals surface area contributed by atoms with E-state index in [9.17, 15) is 34.2 Å². The molecule has 0 saturated carbocycles. The molecule has 3 aromatic carbocycles. The molecule has 0 spiro atoms. The van der Waals surface area contributed by atoms with Crippen molar-refractivity contribution >= 4 is 29.8 Å². The molecular weight excluding hydrogens is 642 g/mol. The summed E-state index contributed by atoms with van der Waals surface area (Å²) >= 11 is 0. The molecule has 0 heterocycles. The number of ether oxygens (including phenoxy) is 1. The molecule has 0 unspecified atom stereocenters. The molecule has 50 heavy (non-hydrogen) atoms. The summed E-state index contributed by atoms with van der Waals surface area (Å²) < 4.78 is 5.46. The van der Waals surface area contributed by atoms with Crippen LogP contribution in [0.2, 0.25) is 0 Å². The second-order valence-corrected chi connectivity index (χ2v) is 13.0. The largest absolute Gasteiger partial charge is 0.508 e. The van der Waals surface area contributed by atoms with Gasteiger partial charge in [0.15, 0.2) is 0 Å². The molecular formula is C37H47N5O8. The monoisotopic (exact) mass is 689 g/mol. The van der Waals surface area contributed by atoms with Gasteiger partial charge in [-0.15, -0.1) is 0 Å². The van der Waals surface area contributed by atoms with Gasteiger partial charge in [-0.3, -0.25) is 19.2 Å². The van der Waals surface area contributed by atoms with Gasteiger partial charge in [0.1, 0.15) is 23.4 Å². The standard InChI is InChI=1S/C37H47N5O8/c1-37(2,3)50-36(49)40-27(20-26-14-16-28(43)17-15-26)23-39-31(22-25-12-8-5-9-13-25)35(48)41-29(18-19-32(44)45)34(47)42-30(33(38)46)21-24-10-6-4-7-11-24/h4-17,27,29-31,39,43H,18-23H2,1-3H3,(H2,38,46)(H,40,49)(H,41,48)(H,42,47)(H,44,45)/t27-,29-,30-,31-/m0/s1. The Morgan fingerprint density at radius 2 is 1.20 bits per heavy atom. The minimum absolute atomic E-state index is 0.0897. The maximum atomic E-state index is 13.9. The highest BCUT2D eigenvalue weighted by Crippen LogP contribution is 2.13. The molecule has 8 N–H and O–H groups in total. The molecule has 0 aliphatic heterocycles. The summed E-state index contributed by atoms with van der Waals surface area (Å²) in [6.07, 6.45) is -0.707. The zero-order valence-electron chi connectivity index (χ0n) is 28.6. The van der Waals surface area contributed by atoms with Crippen LogP contribution in [0.4, 0.5) is 4.79 Å². The van der Waals surface area contributed by atoms with E-state index < -0.39 is 66.0 Å². The Morgan fingerprint density at radius 3 is 1.72 bits per heavy atom. The van der Waals surface area contributed by atoms with Crippen molar-refractivity contribution in [1.82, 2.24) is 21.3 Å². The lowest BCUT2D eigenvalue weighted by atomic mass is 10.0. The molecule has 0 saturated heterocycles. The van der Waals surface area contributed by atoms with Crippen molar-refractivity contribution in [3.8, 4) is 5.75 Å². The number of hydrogen-bond acceptors (Lipinski definition) is 8. The number of rotatable bonds is 18. The van der Waals surface area contributed by atoms with Crippen molar-refractivity contribution in [2.45, 2.75) is 82.6 Å². The molecule has 4 amide bonds. The molecule has 4 atom stereocenters. The van der Waals surface area contributed by atoms with Crippen LogP contribution >= 0.6 is 0 Å². The number of carboxylic acids is 1. The van der Waals surface area contributed by atoms with Crippen molar-refractivity contribution in [3.63, 3.8) is 0 Å². The van der Waals surface area contributed by atoms with E-state index in [1.165, 1.54) is 12.1 Å². The Morgan fingerprint density at radius 1 is 0.700 bits per heavy atom. The van der Waals surface area contributed by atoms with E-state index in [-0.39, 0.29) is 31.6 Å². The van der Waals surface area contributed by atoms with Gasteiger partial charge in [0, 0.05) is 25.4 Å². The van der Waals surface area contributed by atoms with Crippen LogP contribution in [-0.4, -0.2) is 76.3 Å². The number of primary amides is 1. The molecule has 0 bridgehead atoms. The number of phenols is 1. The van der Waals surface area contributed by atoms with E-state index in [1.54, 1.807) is 57.2 Å². The summed E-state index contributed by atoms with van der Waals surface area (Å²) in [6, 6.07) is 20.7. The van der Waals surface area contributed by atoms with Gasteiger partial charge in [-0.25, -0.2) is 4.79 Å². The fourth-order valence-corrected chi connectivity index (χ4v) is 5.11. The second kappa shape index (κ2) is 18.9. The van der Waals surface area contributed by atoms with Crippen LogP contribution < -0.4 is 27.0 Å². The van der Waals surface area contributed by atoms with Crippen molar-refractivity contribution in [1.29, 1.82) is 0 Å². The van der Waals surface area contributed by atoms with E-state index in [1.807, 2.05) is 36.4 Å². The first-order valence-electron chi connectivity index (χ1n) is 16.4. The van der Waals surface area contributed by atoms with E-state index in [2.05, 4.69) is 21.3 Å². The average Bonchev–Trinajstić information content (AvgIpc) is 3.05. The van der Waals surface area contributed by atoms with Crippen LogP contribution in [0.5, 0.6) is 5.75 Å². The number of nitrogens with two attached hydrogens (primary N) is 1. The van der Waals surface area contributed by atoms with Crippen LogP contribution in [0.15, 0.2) is 84.9 Å². The van der Waals surface area contributed by atoms with E-state index in [4.69, 9.17) is 10.5 Å². The van der Waals surface area contributed by atoms with E-state index in [0.717, 1.165) is 16.7 Å². The highest BCUT2D eigenvalue weighted by atomic mass is 16.6. The lowest BCUT2D eigenvalue weighted by molar-refractivity contribution is -0.138. The third-order valence-corrected chi connectivity index (χ3v) is 7.57. The molecule has 0 fully saturated rings. The Balaban J connectivity index is 1.83. The number of alkyl carbamates (subject to hydrolysis) is 1. The first-order chi connectivity index (χ1) is 23.7. The SMILES string of the molecule is CC(C)(C)OC(=O)N[C@H](CN[C@@H](Cc1ccccc1)C(=O)N[C@@H](CCC(=O)O)C(=O)N[C@@H](Cc1ccccc1)C(N)=O)Cc1ccc(O)cc1. The number of phenolic OH excluding ortho intramolecular Hbond substituents is 1. The molecule has 13 heteroatoms. The summed E-state index contributed by atoms with van der Waals surface area (Å²) in [6.45, 7) is 5.32. The molecule has 0 aliphatic carbocycles. The number of carboxylic acid groups (broad SMARTS) is 1. The van der Waals surface area contributed by atoms with Crippen molar-refractivity contribution in [2.24, 2.45) is 5.73 Å². The second-order valence-electron chi connectivity index (χ2n) is 13.0. The number of hydrogen-bond donors (Lipinski definition) is 7. The maximum Gasteiger partial charge on any atom is 0.407 e. The van der Waals surface area contributed by atoms with Crippen LogP contribution in [0.3, 0.4) is 0 Å². The van der Waals surface area contributed by atoms with Crippen LogP contribution in [-0.2, 0) is 43.2 Å². The van der Waals surface area contributed by atoms with Gasteiger partial charge in [0.25, 0.3) is 0 Å². The third-order valence-electron chi connectivity index (χ3n) is 7.57. The summed E-state index contributed by atoms with van der Waals surface area (Å²) in [5.74, 6) is -3.22. The minimum Gasteiger partial charge on any atom is -0.508 e.